The fourth-order valence-corrected chi connectivity index (χ4v) is 1.73. The molecule has 0 amide bonds. The van der Waals surface area contributed by atoms with Gasteiger partial charge in [-0.25, -0.2) is 0 Å². The van der Waals surface area contributed by atoms with Crippen LogP contribution < -0.4 is 5.73 Å². The highest BCUT2D eigenvalue weighted by Crippen LogP contribution is 2.20. The summed E-state index contributed by atoms with van der Waals surface area (Å²) >= 11 is 0. The molecule has 0 aliphatic heterocycles. The molecule has 0 aliphatic carbocycles. The van der Waals surface area contributed by atoms with Gasteiger partial charge in [-0.15, -0.1) is 0 Å². The van der Waals surface area contributed by atoms with E-state index in [2.05, 4.69) is 15.0 Å². The second-order valence-electron chi connectivity index (χ2n) is 4.53. The molecule has 0 aromatic heterocycles. The molecule has 0 unspecified atom stereocenters. The molecular weight excluding hydrogens is 266 g/mol. The topological polar surface area (TPSA) is 77.0 Å². The van der Waals surface area contributed by atoms with Crippen molar-refractivity contribution in [2.45, 2.75) is 12.8 Å². The number of carbonyl (C=O) groups is 1. The standard InChI is InChI=1S/C16H17N3O2/c1-21-16(20)11-4-12-2-7-14(8-3-12)18-19-15-9-5-13(17)6-10-15/h2-3,5-10H,4,11,17H2,1H3. The largest absolute Gasteiger partial charge is 0.469 e. The Bertz CT molecular complexity index is 619. The monoisotopic (exact) mass is 283 g/mol. The van der Waals surface area contributed by atoms with Gasteiger partial charge >= 0.3 is 5.97 Å². The lowest BCUT2D eigenvalue weighted by atomic mass is 10.1. The van der Waals surface area contributed by atoms with Gasteiger partial charge in [0.25, 0.3) is 0 Å². The lowest BCUT2D eigenvalue weighted by Gasteiger charge is -2.01. The highest BCUT2D eigenvalue weighted by Gasteiger charge is 2.01. The van der Waals surface area contributed by atoms with Crippen molar-refractivity contribution < 1.29 is 9.53 Å². The average Bonchev–Trinajstić information content (AvgIpc) is 2.53. The Labute approximate surface area is 123 Å². The molecule has 5 nitrogen and oxygen atoms in total. The molecule has 0 aliphatic rings. The van der Waals surface area contributed by atoms with Crippen LogP contribution in [-0.2, 0) is 16.0 Å². The lowest BCUT2D eigenvalue weighted by Crippen LogP contribution is -2.01. The van der Waals surface area contributed by atoms with Crippen LogP contribution in [0.4, 0.5) is 17.1 Å². The van der Waals surface area contributed by atoms with Gasteiger partial charge in [0.1, 0.15) is 0 Å². The smallest absolute Gasteiger partial charge is 0.305 e. The van der Waals surface area contributed by atoms with Crippen molar-refractivity contribution in [3.63, 3.8) is 0 Å². The number of benzene rings is 2. The van der Waals surface area contributed by atoms with Gasteiger partial charge in [0.2, 0.25) is 0 Å². The van der Waals surface area contributed by atoms with E-state index in [9.17, 15) is 4.79 Å². The second-order valence-corrected chi connectivity index (χ2v) is 4.53. The SMILES string of the molecule is COC(=O)CCc1ccc(N=Nc2ccc(N)cc2)cc1. The molecule has 2 aromatic carbocycles. The van der Waals surface area contributed by atoms with Gasteiger partial charge in [-0.2, -0.15) is 10.2 Å². The zero-order chi connectivity index (χ0) is 15.1. The molecule has 0 saturated heterocycles. The van der Waals surface area contributed by atoms with Crippen molar-refractivity contribution in [1.29, 1.82) is 0 Å². The number of esters is 1. The predicted molar refractivity (Wildman–Crippen MR) is 81.8 cm³/mol. The van der Waals surface area contributed by atoms with E-state index in [4.69, 9.17) is 5.73 Å². The number of azo groups is 1. The highest BCUT2D eigenvalue weighted by atomic mass is 16.5. The molecule has 2 rings (SSSR count). The number of hydrogen-bond donors (Lipinski definition) is 1. The fourth-order valence-electron chi connectivity index (χ4n) is 1.73. The van der Waals surface area contributed by atoms with E-state index in [1.165, 1.54) is 7.11 Å². The van der Waals surface area contributed by atoms with Crippen molar-refractivity contribution >= 4 is 23.0 Å². The first-order valence-corrected chi connectivity index (χ1v) is 6.60. The minimum Gasteiger partial charge on any atom is -0.469 e. The first kappa shape index (κ1) is 14.7. The van der Waals surface area contributed by atoms with E-state index in [0.29, 0.717) is 18.5 Å². The van der Waals surface area contributed by atoms with E-state index in [1.807, 2.05) is 36.4 Å². The Kier molecular flexibility index (Phi) is 5.04. The number of carbonyl (C=O) groups excluding carboxylic acids is 1. The van der Waals surface area contributed by atoms with Crippen LogP contribution in [0.3, 0.4) is 0 Å². The number of nitrogen functional groups attached to an aromatic ring is 1. The summed E-state index contributed by atoms with van der Waals surface area (Å²) in [6.45, 7) is 0. The summed E-state index contributed by atoms with van der Waals surface area (Å²) in [4.78, 5) is 11.1. The average molecular weight is 283 g/mol. The molecule has 5 heteroatoms. The van der Waals surface area contributed by atoms with Gasteiger partial charge in [-0.3, -0.25) is 4.79 Å². The minimum absolute atomic E-state index is 0.206. The lowest BCUT2D eigenvalue weighted by molar-refractivity contribution is -0.140. The van der Waals surface area contributed by atoms with Crippen LogP contribution in [0.5, 0.6) is 0 Å². The molecule has 0 bridgehead atoms. The maximum atomic E-state index is 11.1. The number of hydrogen-bond acceptors (Lipinski definition) is 5. The highest BCUT2D eigenvalue weighted by molar-refractivity contribution is 5.69. The summed E-state index contributed by atoms with van der Waals surface area (Å²) < 4.78 is 4.61. The number of ether oxygens (including phenoxy) is 1. The maximum absolute atomic E-state index is 11.1. The van der Waals surface area contributed by atoms with E-state index in [-0.39, 0.29) is 5.97 Å². The molecule has 0 spiro atoms. The molecule has 0 atom stereocenters. The first-order chi connectivity index (χ1) is 10.2. The second kappa shape index (κ2) is 7.19. The Balaban J connectivity index is 1.95. The number of nitrogens with zero attached hydrogens (tertiary/aromatic N) is 2. The van der Waals surface area contributed by atoms with Crippen LogP contribution in [-0.4, -0.2) is 13.1 Å². The van der Waals surface area contributed by atoms with E-state index in [1.54, 1.807) is 12.1 Å². The normalized spacial score (nSPS) is 10.7. The quantitative estimate of drug-likeness (QED) is 0.515. The molecular formula is C16H17N3O2. The Hall–Kier alpha value is -2.69. The van der Waals surface area contributed by atoms with Crippen LogP contribution in [0.1, 0.15) is 12.0 Å². The molecule has 0 fully saturated rings. The van der Waals surface area contributed by atoms with Crippen LogP contribution >= 0.6 is 0 Å². The molecule has 21 heavy (non-hydrogen) atoms. The number of anilines is 1. The van der Waals surface area contributed by atoms with Crippen molar-refractivity contribution in [3.05, 3.63) is 54.1 Å². The van der Waals surface area contributed by atoms with E-state index in [0.717, 1.165) is 16.9 Å². The number of aryl methyl sites for hydroxylation is 1. The van der Waals surface area contributed by atoms with Gasteiger partial charge < -0.3 is 10.5 Å². The molecule has 0 saturated carbocycles. The summed E-state index contributed by atoms with van der Waals surface area (Å²) in [6.07, 6.45) is 1.03. The number of rotatable bonds is 5. The third kappa shape index (κ3) is 4.72. The maximum Gasteiger partial charge on any atom is 0.305 e. The van der Waals surface area contributed by atoms with Gasteiger partial charge in [0, 0.05) is 12.1 Å². The van der Waals surface area contributed by atoms with E-state index < -0.39 is 0 Å². The van der Waals surface area contributed by atoms with Crippen molar-refractivity contribution in [3.8, 4) is 0 Å². The summed E-state index contributed by atoms with van der Waals surface area (Å²) in [6, 6.07) is 14.8. The van der Waals surface area contributed by atoms with Crippen molar-refractivity contribution in [2.75, 3.05) is 12.8 Å². The molecule has 0 heterocycles. The third-order valence-electron chi connectivity index (χ3n) is 2.96. The fraction of sp³-hybridized carbons (Fsp3) is 0.188. The van der Waals surface area contributed by atoms with Crippen LogP contribution in [0.2, 0.25) is 0 Å². The van der Waals surface area contributed by atoms with Crippen LogP contribution in [0.15, 0.2) is 58.8 Å². The van der Waals surface area contributed by atoms with Crippen molar-refractivity contribution in [1.82, 2.24) is 0 Å². The predicted octanol–water partition coefficient (Wildman–Crippen LogP) is 3.79. The van der Waals surface area contributed by atoms with Gasteiger partial charge in [0.15, 0.2) is 0 Å². The number of methoxy groups -OCH3 is 1. The first-order valence-electron chi connectivity index (χ1n) is 6.60. The summed E-state index contributed by atoms with van der Waals surface area (Å²) in [7, 11) is 1.39. The Morgan fingerprint density at radius 1 is 1.00 bits per heavy atom. The van der Waals surface area contributed by atoms with Gasteiger partial charge in [0.05, 0.1) is 18.5 Å². The summed E-state index contributed by atoms with van der Waals surface area (Å²) in [5, 5.41) is 8.28. The minimum atomic E-state index is -0.206. The van der Waals surface area contributed by atoms with Crippen LogP contribution in [0.25, 0.3) is 0 Å². The van der Waals surface area contributed by atoms with Crippen molar-refractivity contribution in [2.24, 2.45) is 10.2 Å². The molecule has 108 valence electrons. The Morgan fingerprint density at radius 3 is 2.05 bits per heavy atom. The molecule has 2 N–H and O–H groups in total. The van der Waals surface area contributed by atoms with E-state index >= 15 is 0 Å². The zero-order valence-electron chi connectivity index (χ0n) is 11.8. The van der Waals surface area contributed by atoms with Gasteiger partial charge in [-0.05, 0) is 48.4 Å². The summed E-state index contributed by atoms with van der Waals surface area (Å²) in [5.74, 6) is -0.206. The molecule has 2 aromatic rings. The Morgan fingerprint density at radius 2 is 1.52 bits per heavy atom. The third-order valence-corrected chi connectivity index (χ3v) is 2.96. The molecule has 0 radical (unpaired) electrons. The zero-order valence-corrected chi connectivity index (χ0v) is 11.8. The van der Waals surface area contributed by atoms with Crippen LogP contribution in [0, 0.1) is 0 Å². The van der Waals surface area contributed by atoms with Gasteiger partial charge in [-0.1, -0.05) is 12.1 Å². The number of nitrogens with two attached hydrogens (primary N) is 1. The summed E-state index contributed by atoms with van der Waals surface area (Å²) in [5.41, 5.74) is 8.87.